The molecule has 1 aliphatic heterocycles. The molecule has 1 aliphatic rings. The maximum Gasteiger partial charge on any atom is 0.328 e. The number of halogens is 1. The summed E-state index contributed by atoms with van der Waals surface area (Å²) in [4.78, 5) is 57.2. The Morgan fingerprint density at radius 3 is 2.35 bits per heavy atom. The molecule has 3 N–H and O–H groups in total. The third kappa shape index (κ3) is 12.2. The fourth-order valence-corrected chi connectivity index (χ4v) is 5.65. The zero-order chi connectivity index (χ0) is 37.7. The summed E-state index contributed by atoms with van der Waals surface area (Å²) < 4.78 is 11.3. The van der Waals surface area contributed by atoms with Gasteiger partial charge in [-0.15, -0.1) is 0 Å². The fraction of sp³-hybridized carbons (Fsp3) is 0.474. The first-order chi connectivity index (χ1) is 24.1. The van der Waals surface area contributed by atoms with Crippen molar-refractivity contribution in [2.24, 2.45) is 22.4 Å². The van der Waals surface area contributed by atoms with Gasteiger partial charge in [-0.2, -0.15) is 0 Å². The minimum atomic E-state index is -1.15. The standard InChI is InChI=1S/C38H49ClN6O6/c1-23(2)19-31-36(48)51-32(24(3)11-12-26-13-15-27(16-14-26)22-41-45-40)9-8-10-34(46)43-30(21-28-17-18-33(50-7)29(39)20-28)35(47)42-25(4)38(5,6)37(49)44-31/h8,10-18,20,23-25,30-32H,9,19,21-22H2,1-7H3,(H,42,47)(H,43,46)(H,44,49)/b10-8+,12-11+/t24-,25?,30-,31+,32+/m1/s1. The molecule has 51 heavy (non-hydrogen) atoms. The average molecular weight is 721 g/mol. The van der Waals surface area contributed by atoms with Gasteiger partial charge in [0.1, 0.15) is 23.9 Å². The zero-order valence-electron chi connectivity index (χ0n) is 30.3. The zero-order valence-corrected chi connectivity index (χ0v) is 31.1. The van der Waals surface area contributed by atoms with Crippen LogP contribution in [0.3, 0.4) is 0 Å². The van der Waals surface area contributed by atoms with Crippen LogP contribution in [-0.4, -0.2) is 55.0 Å². The largest absolute Gasteiger partial charge is 0.495 e. The van der Waals surface area contributed by atoms with Gasteiger partial charge in [-0.3, -0.25) is 14.4 Å². The molecule has 2 aromatic rings. The van der Waals surface area contributed by atoms with Gasteiger partial charge >= 0.3 is 5.97 Å². The number of carbonyl (C=O) groups is 4. The van der Waals surface area contributed by atoms with Crippen molar-refractivity contribution in [3.05, 3.63) is 92.8 Å². The lowest BCUT2D eigenvalue weighted by atomic mass is 9.83. The summed E-state index contributed by atoms with van der Waals surface area (Å²) >= 11 is 6.35. The number of cyclic esters (lactones) is 1. The second-order valence-corrected chi connectivity index (χ2v) is 14.2. The number of azide groups is 1. The summed E-state index contributed by atoms with van der Waals surface area (Å²) in [5.41, 5.74) is 9.89. The van der Waals surface area contributed by atoms with E-state index in [2.05, 4.69) is 26.0 Å². The van der Waals surface area contributed by atoms with Crippen molar-refractivity contribution in [3.8, 4) is 5.75 Å². The van der Waals surface area contributed by atoms with Crippen molar-refractivity contribution < 1.29 is 28.7 Å². The molecule has 3 rings (SSSR count). The molecule has 0 bridgehead atoms. The van der Waals surface area contributed by atoms with Gasteiger partial charge in [0.25, 0.3) is 0 Å². The first-order valence-electron chi connectivity index (χ1n) is 17.0. The lowest BCUT2D eigenvalue weighted by Crippen LogP contribution is -2.58. The minimum Gasteiger partial charge on any atom is -0.495 e. The summed E-state index contributed by atoms with van der Waals surface area (Å²) in [5.74, 6) is -1.77. The number of nitrogens with one attached hydrogen (secondary N) is 3. The molecule has 0 spiro atoms. The van der Waals surface area contributed by atoms with E-state index in [1.165, 1.54) is 13.2 Å². The van der Waals surface area contributed by atoms with Crippen LogP contribution in [0.2, 0.25) is 5.02 Å². The molecule has 0 aliphatic carbocycles. The van der Waals surface area contributed by atoms with E-state index in [9.17, 15) is 19.2 Å². The van der Waals surface area contributed by atoms with Crippen molar-refractivity contribution in [1.29, 1.82) is 0 Å². The third-order valence-corrected chi connectivity index (χ3v) is 9.29. The Balaban J connectivity index is 1.96. The maximum atomic E-state index is 13.8. The second-order valence-electron chi connectivity index (χ2n) is 13.8. The van der Waals surface area contributed by atoms with Gasteiger partial charge in [0.15, 0.2) is 0 Å². The molecule has 2 aromatic carbocycles. The molecular formula is C38H49ClN6O6. The van der Waals surface area contributed by atoms with Crippen molar-refractivity contribution in [2.45, 2.75) is 91.6 Å². The van der Waals surface area contributed by atoms with Crippen molar-refractivity contribution in [2.75, 3.05) is 7.11 Å². The number of rotatable bonds is 10. The molecule has 0 aromatic heterocycles. The van der Waals surface area contributed by atoms with Crippen LogP contribution in [0.5, 0.6) is 5.75 Å². The Morgan fingerprint density at radius 1 is 1.04 bits per heavy atom. The number of carbonyl (C=O) groups excluding carboxylic acids is 4. The number of amides is 3. The number of esters is 1. The van der Waals surface area contributed by atoms with E-state index in [0.717, 1.165) is 11.1 Å². The molecule has 0 saturated heterocycles. The molecule has 0 radical (unpaired) electrons. The third-order valence-electron chi connectivity index (χ3n) is 8.99. The molecule has 3 amide bonds. The molecule has 0 fully saturated rings. The van der Waals surface area contributed by atoms with Crippen molar-refractivity contribution >= 4 is 41.4 Å². The van der Waals surface area contributed by atoms with Gasteiger partial charge in [0.2, 0.25) is 17.7 Å². The van der Waals surface area contributed by atoms with Gasteiger partial charge in [-0.1, -0.05) is 86.0 Å². The van der Waals surface area contributed by atoms with E-state index < -0.39 is 53.3 Å². The predicted octanol–water partition coefficient (Wildman–Crippen LogP) is 6.47. The Morgan fingerprint density at radius 2 is 1.73 bits per heavy atom. The van der Waals surface area contributed by atoms with Gasteiger partial charge in [-0.05, 0) is 73.5 Å². The van der Waals surface area contributed by atoms with Gasteiger partial charge in [0.05, 0.1) is 24.1 Å². The number of hydrogen-bond acceptors (Lipinski definition) is 7. The van der Waals surface area contributed by atoms with E-state index in [-0.39, 0.29) is 31.2 Å². The van der Waals surface area contributed by atoms with Gasteiger partial charge < -0.3 is 25.4 Å². The van der Waals surface area contributed by atoms with Crippen LogP contribution in [-0.2, 0) is 36.9 Å². The highest BCUT2D eigenvalue weighted by molar-refractivity contribution is 6.32. The summed E-state index contributed by atoms with van der Waals surface area (Å²) in [6, 6.07) is 10.0. The average Bonchev–Trinajstić information content (AvgIpc) is 3.08. The Kier molecular flexibility index (Phi) is 15.1. The normalized spacial score (nSPS) is 23.0. The Bertz CT molecular complexity index is 1650. The summed E-state index contributed by atoms with van der Waals surface area (Å²) in [5, 5.41) is 12.5. The Hall–Kier alpha value is -4.80. The molecule has 12 nitrogen and oxygen atoms in total. The van der Waals surface area contributed by atoms with Crippen LogP contribution in [0.15, 0.2) is 65.8 Å². The first kappa shape index (κ1) is 40.6. The number of methoxy groups -OCH3 is 1. The van der Waals surface area contributed by atoms with E-state index in [1.54, 1.807) is 45.0 Å². The van der Waals surface area contributed by atoms with Crippen LogP contribution in [0.4, 0.5) is 0 Å². The molecule has 1 unspecified atom stereocenters. The summed E-state index contributed by atoms with van der Waals surface area (Å²) in [7, 11) is 1.50. The van der Waals surface area contributed by atoms with E-state index >= 15 is 0 Å². The van der Waals surface area contributed by atoms with Crippen LogP contribution in [0.1, 0.15) is 71.1 Å². The SMILES string of the molecule is COc1ccc(C[C@H]2NC(=O)/C=C/C[C@@H]([C@H](C)/C=C/c3ccc(CN=[N+]=[N-])cc3)OC(=O)[C@H](CC(C)C)NC(=O)C(C)(C)C(C)NC2=O)cc1Cl. The van der Waals surface area contributed by atoms with Crippen LogP contribution >= 0.6 is 11.6 Å². The molecule has 5 atom stereocenters. The summed E-state index contributed by atoms with van der Waals surface area (Å²) in [6.07, 6.45) is 6.71. The lowest BCUT2D eigenvalue weighted by Gasteiger charge is -2.34. The predicted molar refractivity (Wildman–Crippen MR) is 198 cm³/mol. The number of hydrogen-bond donors (Lipinski definition) is 3. The molecule has 274 valence electrons. The molecular weight excluding hydrogens is 672 g/mol. The number of nitrogens with zero attached hydrogens (tertiary/aromatic N) is 3. The maximum absolute atomic E-state index is 13.8. The molecule has 1 heterocycles. The second kappa shape index (κ2) is 19.0. The van der Waals surface area contributed by atoms with Crippen LogP contribution < -0.4 is 20.7 Å². The minimum absolute atomic E-state index is 0.0575. The quantitative estimate of drug-likeness (QED) is 0.110. The molecule has 13 heteroatoms. The highest BCUT2D eigenvalue weighted by Crippen LogP contribution is 2.27. The van der Waals surface area contributed by atoms with Crippen LogP contribution in [0.25, 0.3) is 16.5 Å². The fourth-order valence-electron chi connectivity index (χ4n) is 5.37. The topological polar surface area (TPSA) is 172 Å². The van der Waals surface area contributed by atoms with E-state index in [0.29, 0.717) is 22.8 Å². The van der Waals surface area contributed by atoms with Gasteiger partial charge in [0, 0.05) is 29.7 Å². The highest BCUT2D eigenvalue weighted by Gasteiger charge is 2.39. The van der Waals surface area contributed by atoms with E-state index in [4.69, 9.17) is 26.6 Å². The monoisotopic (exact) mass is 720 g/mol. The van der Waals surface area contributed by atoms with E-state index in [1.807, 2.05) is 57.2 Å². The highest BCUT2D eigenvalue weighted by atomic mass is 35.5. The van der Waals surface area contributed by atoms with Crippen molar-refractivity contribution in [1.82, 2.24) is 16.0 Å². The lowest BCUT2D eigenvalue weighted by molar-refractivity contribution is -0.156. The van der Waals surface area contributed by atoms with Crippen molar-refractivity contribution in [3.63, 3.8) is 0 Å². The van der Waals surface area contributed by atoms with Gasteiger partial charge in [-0.25, -0.2) is 4.79 Å². The Labute approximate surface area is 305 Å². The number of benzene rings is 2. The smallest absolute Gasteiger partial charge is 0.328 e. The number of ether oxygens (including phenoxy) is 2. The first-order valence-corrected chi connectivity index (χ1v) is 17.4. The van der Waals surface area contributed by atoms with Crippen LogP contribution in [0, 0.1) is 17.3 Å². The molecule has 0 saturated carbocycles. The summed E-state index contributed by atoms with van der Waals surface area (Å²) in [6.45, 7) is 11.1.